The Morgan fingerprint density at radius 3 is 2.78 bits per heavy atom. The Morgan fingerprint density at radius 2 is 2.00 bits per heavy atom. The first-order valence-corrected chi connectivity index (χ1v) is 9.24. The largest absolute Gasteiger partial charge is 0.370 e. The average molecular weight is 330 g/mol. The number of hydrogen-bond acceptors (Lipinski definition) is 2. The highest BCUT2D eigenvalue weighted by atomic mass is 35.5. The first kappa shape index (κ1) is 15.1. The highest BCUT2D eigenvalue weighted by Gasteiger charge is 2.27. The molecule has 1 saturated carbocycles. The number of halogens is 1. The Balaban J connectivity index is 1.83. The van der Waals surface area contributed by atoms with Gasteiger partial charge in [-0.3, -0.25) is 0 Å². The molecule has 1 aliphatic heterocycles. The normalized spacial score (nSPS) is 18.5. The molecule has 0 unspecified atom stereocenters. The molecular formula is C19H24ClN3. The molecule has 0 atom stereocenters. The third-order valence-electron chi connectivity index (χ3n) is 5.30. The van der Waals surface area contributed by atoms with E-state index in [0.29, 0.717) is 5.92 Å². The second-order valence-corrected chi connectivity index (χ2v) is 7.33. The Hall–Kier alpha value is -1.48. The predicted molar refractivity (Wildman–Crippen MR) is 95.9 cm³/mol. The van der Waals surface area contributed by atoms with Crippen LogP contribution < -0.4 is 5.32 Å². The van der Waals surface area contributed by atoms with E-state index in [1.165, 1.54) is 55.6 Å². The number of anilines is 1. The first-order valence-electron chi connectivity index (χ1n) is 8.86. The Morgan fingerprint density at radius 1 is 1.17 bits per heavy atom. The summed E-state index contributed by atoms with van der Waals surface area (Å²) in [5.41, 5.74) is 4.96. The van der Waals surface area contributed by atoms with Crippen LogP contribution in [0.5, 0.6) is 0 Å². The summed E-state index contributed by atoms with van der Waals surface area (Å²) in [6.45, 7) is 3.07. The minimum Gasteiger partial charge on any atom is -0.370 e. The smallest absolute Gasteiger partial charge is 0.133 e. The Labute approximate surface area is 143 Å². The van der Waals surface area contributed by atoms with E-state index in [4.69, 9.17) is 16.7 Å². The second kappa shape index (κ2) is 6.20. The fourth-order valence-corrected chi connectivity index (χ4v) is 4.13. The van der Waals surface area contributed by atoms with Crippen molar-refractivity contribution in [1.29, 1.82) is 0 Å². The molecule has 1 aromatic heterocycles. The summed E-state index contributed by atoms with van der Waals surface area (Å²) in [6, 6.07) is 6.24. The fraction of sp³-hybridized carbons (Fsp3) is 0.526. The topological polar surface area (TPSA) is 29.9 Å². The van der Waals surface area contributed by atoms with E-state index in [1.807, 2.05) is 13.0 Å². The lowest BCUT2D eigenvalue weighted by Crippen LogP contribution is -2.07. The predicted octanol–water partition coefficient (Wildman–Crippen LogP) is 5.24. The van der Waals surface area contributed by atoms with E-state index in [-0.39, 0.29) is 0 Å². The van der Waals surface area contributed by atoms with Crippen molar-refractivity contribution in [2.75, 3.05) is 11.9 Å². The van der Waals surface area contributed by atoms with Crippen LogP contribution in [0, 0.1) is 6.92 Å². The highest BCUT2D eigenvalue weighted by Crippen LogP contribution is 2.39. The van der Waals surface area contributed by atoms with Crippen molar-refractivity contribution in [1.82, 2.24) is 9.78 Å². The van der Waals surface area contributed by atoms with Crippen molar-refractivity contribution in [3.63, 3.8) is 0 Å². The van der Waals surface area contributed by atoms with Crippen molar-refractivity contribution in [2.45, 2.75) is 57.8 Å². The third kappa shape index (κ3) is 2.76. The molecule has 4 heteroatoms. The van der Waals surface area contributed by atoms with Gasteiger partial charge in [0.1, 0.15) is 5.82 Å². The van der Waals surface area contributed by atoms with Gasteiger partial charge in [0.05, 0.1) is 11.4 Å². The van der Waals surface area contributed by atoms with Crippen LogP contribution >= 0.6 is 11.6 Å². The van der Waals surface area contributed by atoms with E-state index in [0.717, 1.165) is 29.2 Å². The van der Waals surface area contributed by atoms with Gasteiger partial charge < -0.3 is 5.32 Å². The van der Waals surface area contributed by atoms with Gasteiger partial charge >= 0.3 is 0 Å². The van der Waals surface area contributed by atoms with Crippen LogP contribution in [0.25, 0.3) is 5.69 Å². The summed E-state index contributed by atoms with van der Waals surface area (Å²) >= 11 is 6.35. The summed E-state index contributed by atoms with van der Waals surface area (Å²) in [5, 5.41) is 9.49. The maximum Gasteiger partial charge on any atom is 0.133 e. The van der Waals surface area contributed by atoms with Crippen LogP contribution in [0.2, 0.25) is 5.02 Å². The van der Waals surface area contributed by atoms with Crippen molar-refractivity contribution >= 4 is 17.4 Å². The zero-order valence-corrected chi connectivity index (χ0v) is 14.5. The molecule has 1 aromatic carbocycles. The fourth-order valence-electron chi connectivity index (χ4n) is 3.96. The number of benzene rings is 1. The lowest BCUT2D eigenvalue weighted by atomic mass is 9.97. The number of aromatic nitrogens is 2. The second-order valence-electron chi connectivity index (χ2n) is 6.92. The lowest BCUT2D eigenvalue weighted by Gasteiger charge is -2.10. The van der Waals surface area contributed by atoms with E-state index in [1.54, 1.807) is 0 Å². The van der Waals surface area contributed by atoms with Crippen molar-refractivity contribution in [3.05, 3.63) is 40.0 Å². The van der Waals surface area contributed by atoms with Crippen LogP contribution in [0.1, 0.15) is 61.3 Å². The van der Waals surface area contributed by atoms with Gasteiger partial charge in [0.25, 0.3) is 0 Å². The minimum absolute atomic E-state index is 0.644. The van der Waals surface area contributed by atoms with Crippen LogP contribution in [0.4, 0.5) is 5.82 Å². The molecule has 2 heterocycles. The van der Waals surface area contributed by atoms with Gasteiger partial charge in [0, 0.05) is 23.0 Å². The van der Waals surface area contributed by atoms with Gasteiger partial charge in [-0.15, -0.1) is 0 Å². The molecule has 2 aromatic rings. The van der Waals surface area contributed by atoms with Gasteiger partial charge in [-0.2, -0.15) is 5.10 Å². The molecule has 23 heavy (non-hydrogen) atoms. The quantitative estimate of drug-likeness (QED) is 0.816. The zero-order valence-electron chi connectivity index (χ0n) is 13.7. The number of rotatable bonds is 2. The maximum absolute atomic E-state index is 6.35. The summed E-state index contributed by atoms with van der Waals surface area (Å²) in [6.07, 6.45) is 8.89. The zero-order chi connectivity index (χ0) is 15.8. The van der Waals surface area contributed by atoms with Gasteiger partial charge in [0.15, 0.2) is 0 Å². The van der Waals surface area contributed by atoms with E-state index >= 15 is 0 Å². The molecule has 0 spiro atoms. The van der Waals surface area contributed by atoms with Gasteiger partial charge in [0.2, 0.25) is 0 Å². The summed E-state index contributed by atoms with van der Waals surface area (Å²) < 4.78 is 2.10. The van der Waals surface area contributed by atoms with E-state index in [9.17, 15) is 0 Å². The average Bonchev–Trinajstić information content (AvgIpc) is 3.12. The molecule has 0 bridgehead atoms. The number of hydrogen-bond donors (Lipinski definition) is 1. The summed E-state index contributed by atoms with van der Waals surface area (Å²) in [7, 11) is 0. The Bertz CT molecular complexity index is 714. The number of nitrogens with one attached hydrogen (secondary N) is 1. The van der Waals surface area contributed by atoms with Crippen LogP contribution in [0.3, 0.4) is 0 Å². The maximum atomic E-state index is 6.35. The standard InChI is InChI=1S/C19H24ClN3/c1-13-9-10-15(12-17(13)20)23-19-16(8-4-5-11-21-19)18(22-23)14-6-2-3-7-14/h9-10,12,14,21H,2-8,11H2,1H3. The van der Waals surface area contributed by atoms with Gasteiger partial charge in [-0.1, -0.05) is 30.5 Å². The Kier molecular flexibility index (Phi) is 4.06. The van der Waals surface area contributed by atoms with Crippen molar-refractivity contribution in [3.8, 4) is 5.69 Å². The number of aryl methyl sites for hydroxylation is 1. The van der Waals surface area contributed by atoms with Gasteiger partial charge in [-0.05, 0) is 56.7 Å². The molecule has 1 aliphatic carbocycles. The molecule has 3 nitrogen and oxygen atoms in total. The van der Waals surface area contributed by atoms with Crippen LogP contribution in [-0.4, -0.2) is 16.3 Å². The van der Waals surface area contributed by atoms with Crippen molar-refractivity contribution < 1.29 is 0 Å². The molecule has 1 fully saturated rings. The number of fused-ring (bicyclic) bond motifs is 1. The third-order valence-corrected chi connectivity index (χ3v) is 5.71. The monoisotopic (exact) mass is 329 g/mol. The first-order chi connectivity index (χ1) is 11.2. The van der Waals surface area contributed by atoms with E-state index < -0.39 is 0 Å². The molecule has 0 radical (unpaired) electrons. The molecule has 122 valence electrons. The molecule has 2 aliphatic rings. The molecule has 4 rings (SSSR count). The van der Waals surface area contributed by atoms with Gasteiger partial charge in [-0.25, -0.2) is 4.68 Å². The van der Waals surface area contributed by atoms with Crippen LogP contribution in [0.15, 0.2) is 18.2 Å². The molecular weight excluding hydrogens is 306 g/mol. The number of nitrogens with zero attached hydrogens (tertiary/aromatic N) is 2. The SMILES string of the molecule is Cc1ccc(-n2nc(C3CCCC3)c3c2NCCCC3)cc1Cl. The summed E-state index contributed by atoms with van der Waals surface area (Å²) in [4.78, 5) is 0. The molecule has 0 amide bonds. The lowest BCUT2D eigenvalue weighted by molar-refractivity contribution is 0.664. The minimum atomic E-state index is 0.644. The van der Waals surface area contributed by atoms with E-state index in [2.05, 4.69) is 22.1 Å². The van der Waals surface area contributed by atoms with Crippen molar-refractivity contribution in [2.24, 2.45) is 0 Å². The summed E-state index contributed by atoms with van der Waals surface area (Å²) in [5.74, 6) is 1.84. The molecule has 1 N–H and O–H groups in total. The highest BCUT2D eigenvalue weighted by molar-refractivity contribution is 6.31. The van der Waals surface area contributed by atoms with Crippen LogP contribution in [-0.2, 0) is 6.42 Å². The molecule has 0 saturated heterocycles.